The lowest BCUT2D eigenvalue weighted by Crippen LogP contribution is -2.32. The second-order valence-corrected chi connectivity index (χ2v) is 6.12. The fourth-order valence-electron chi connectivity index (χ4n) is 1.74. The van der Waals surface area contributed by atoms with Crippen LogP contribution in [0.5, 0.6) is 0 Å². The van der Waals surface area contributed by atoms with Gasteiger partial charge in [-0.15, -0.1) is 11.3 Å². The Bertz CT molecular complexity index is 314. The van der Waals surface area contributed by atoms with Gasteiger partial charge in [0.05, 0.1) is 0 Å². The number of rotatable bonds is 8. The van der Waals surface area contributed by atoms with Crippen LogP contribution < -0.4 is 5.32 Å². The molecule has 1 aromatic rings. The highest BCUT2D eigenvalue weighted by molar-refractivity contribution is 7.98. The largest absolute Gasteiger partial charge is 0.362 e. The van der Waals surface area contributed by atoms with E-state index in [4.69, 9.17) is 0 Å². The highest BCUT2D eigenvalue weighted by Crippen LogP contribution is 2.20. The monoisotopic (exact) mass is 273 g/mol. The lowest BCUT2D eigenvalue weighted by Gasteiger charge is -2.25. The zero-order valence-electron chi connectivity index (χ0n) is 11.2. The molecule has 0 saturated carbocycles. The van der Waals surface area contributed by atoms with Gasteiger partial charge in [-0.25, -0.2) is 4.98 Å². The minimum atomic E-state index is 0.662. The Morgan fingerprint density at radius 2 is 2.29 bits per heavy atom. The van der Waals surface area contributed by atoms with Gasteiger partial charge < -0.3 is 5.32 Å². The molecule has 0 fully saturated rings. The van der Waals surface area contributed by atoms with Crippen LogP contribution in [0.1, 0.15) is 25.1 Å². The zero-order valence-corrected chi connectivity index (χ0v) is 12.8. The molecule has 0 aromatic carbocycles. The van der Waals surface area contributed by atoms with Gasteiger partial charge in [0.15, 0.2) is 5.13 Å². The van der Waals surface area contributed by atoms with Crippen molar-refractivity contribution in [3.05, 3.63) is 11.1 Å². The van der Waals surface area contributed by atoms with Crippen LogP contribution in [0.2, 0.25) is 0 Å². The molecule has 0 saturated heterocycles. The Morgan fingerprint density at radius 1 is 1.53 bits per heavy atom. The van der Waals surface area contributed by atoms with Crippen LogP contribution in [0, 0.1) is 0 Å². The standard InChI is InChI=1S/C12H23N3S2/c1-5-10(9-16-4)15(3)8-11-7-14-12(17-11)13-6-2/h7,10H,5-6,8-9H2,1-4H3,(H,13,14). The predicted molar refractivity (Wildman–Crippen MR) is 80.2 cm³/mol. The Morgan fingerprint density at radius 3 is 2.88 bits per heavy atom. The molecule has 98 valence electrons. The van der Waals surface area contributed by atoms with Crippen LogP contribution >= 0.6 is 23.1 Å². The van der Waals surface area contributed by atoms with E-state index < -0.39 is 0 Å². The third kappa shape index (κ3) is 4.85. The minimum Gasteiger partial charge on any atom is -0.362 e. The molecule has 3 nitrogen and oxygen atoms in total. The molecule has 0 radical (unpaired) electrons. The van der Waals surface area contributed by atoms with E-state index in [-0.39, 0.29) is 0 Å². The van der Waals surface area contributed by atoms with Gasteiger partial charge in [-0.3, -0.25) is 4.90 Å². The summed E-state index contributed by atoms with van der Waals surface area (Å²) in [4.78, 5) is 8.13. The SMILES string of the molecule is CCNc1ncc(CN(C)C(CC)CSC)s1. The molecule has 17 heavy (non-hydrogen) atoms. The number of hydrogen-bond donors (Lipinski definition) is 1. The first kappa shape index (κ1) is 14.8. The summed E-state index contributed by atoms with van der Waals surface area (Å²) in [6, 6.07) is 0.662. The van der Waals surface area contributed by atoms with Crippen LogP contribution in [0.3, 0.4) is 0 Å². The van der Waals surface area contributed by atoms with Crippen molar-refractivity contribution < 1.29 is 0 Å². The van der Waals surface area contributed by atoms with Crippen LogP contribution in [0.15, 0.2) is 6.20 Å². The second kappa shape index (κ2) is 7.95. The van der Waals surface area contributed by atoms with E-state index >= 15 is 0 Å². The number of anilines is 1. The molecule has 0 aliphatic heterocycles. The highest BCUT2D eigenvalue weighted by Gasteiger charge is 2.13. The van der Waals surface area contributed by atoms with Gasteiger partial charge in [-0.1, -0.05) is 6.92 Å². The second-order valence-electron chi connectivity index (χ2n) is 4.09. The molecule has 0 amide bonds. The van der Waals surface area contributed by atoms with Gasteiger partial charge in [-0.2, -0.15) is 11.8 Å². The van der Waals surface area contributed by atoms with Crippen LogP contribution in [-0.2, 0) is 6.54 Å². The van der Waals surface area contributed by atoms with Gasteiger partial charge in [0.25, 0.3) is 0 Å². The maximum atomic E-state index is 4.37. The molecule has 0 spiro atoms. The van der Waals surface area contributed by atoms with Gasteiger partial charge >= 0.3 is 0 Å². The normalized spacial score (nSPS) is 13.0. The fraction of sp³-hybridized carbons (Fsp3) is 0.750. The van der Waals surface area contributed by atoms with Crippen molar-refractivity contribution in [2.24, 2.45) is 0 Å². The molecule has 0 bridgehead atoms. The average Bonchev–Trinajstić information content (AvgIpc) is 2.73. The van der Waals surface area contributed by atoms with E-state index in [2.05, 4.69) is 42.4 Å². The van der Waals surface area contributed by atoms with Crippen LogP contribution in [0.25, 0.3) is 0 Å². The molecular formula is C12H23N3S2. The summed E-state index contributed by atoms with van der Waals surface area (Å²) in [5, 5.41) is 4.29. The van der Waals surface area contributed by atoms with E-state index in [0.717, 1.165) is 18.2 Å². The third-order valence-corrected chi connectivity index (χ3v) is 4.40. The first-order chi connectivity index (χ1) is 8.21. The first-order valence-electron chi connectivity index (χ1n) is 6.09. The van der Waals surface area contributed by atoms with Crippen molar-refractivity contribution in [3.63, 3.8) is 0 Å². The third-order valence-electron chi connectivity index (χ3n) is 2.74. The minimum absolute atomic E-state index is 0.662. The summed E-state index contributed by atoms with van der Waals surface area (Å²) in [7, 11) is 2.21. The van der Waals surface area contributed by atoms with E-state index in [1.807, 2.05) is 18.0 Å². The Balaban J connectivity index is 2.50. The summed E-state index contributed by atoms with van der Waals surface area (Å²) >= 11 is 3.68. The molecule has 1 aromatic heterocycles. The first-order valence-corrected chi connectivity index (χ1v) is 8.30. The number of nitrogens with zero attached hydrogens (tertiary/aromatic N) is 2. The molecule has 1 heterocycles. The molecule has 0 aliphatic carbocycles. The fourth-order valence-corrected chi connectivity index (χ4v) is 3.56. The summed E-state index contributed by atoms with van der Waals surface area (Å²) < 4.78 is 0. The number of aromatic nitrogens is 1. The van der Waals surface area contributed by atoms with E-state index in [9.17, 15) is 0 Å². The molecular weight excluding hydrogens is 250 g/mol. The van der Waals surface area contributed by atoms with Gasteiger partial charge in [0.2, 0.25) is 0 Å². The summed E-state index contributed by atoms with van der Waals surface area (Å²) in [6.45, 7) is 6.29. The Kier molecular flexibility index (Phi) is 6.92. The quantitative estimate of drug-likeness (QED) is 0.787. The zero-order chi connectivity index (χ0) is 12.7. The lowest BCUT2D eigenvalue weighted by molar-refractivity contribution is 0.250. The summed E-state index contributed by atoms with van der Waals surface area (Å²) in [6.07, 6.45) is 5.37. The molecule has 1 unspecified atom stereocenters. The maximum Gasteiger partial charge on any atom is 0.182 e. The van der Waals surface area contributed by atoms with Gasteiger partial charge in [0, 0.05) is 36.0 Å². The van der Waals surface area contributed by atoms with E-state index in [0.29, 0.717) is 6.04 Å². The van der Waals surface area contributed by atoms with Gasteiger partial charge in [-0.05, 0) is 26.6 Å². The van der Waals surface area contributed by atoms with Crippen molar-refractivity contribution in [1.29, 1.82) is 0 Å². The van der Waals surface area contributed by atoms with Crippen molar-refractivity contribution in [2.45, 2.75) is 32.9 Å². The summed E-state index contributed by atoms with van der Waals surface area (Å²) in [5.74, 6) is 1.20. The van der Waals surface area contributed by atoms with Crippen molar-refractivity contribution in [1.82, 2.24) is 9.88 Å². The molecule has 0 aliphatic rings. The van der Waals surface area contributed by atoms with Crippen molar-refractivity contribution >= 4 is 28.2 Å². The van der Waals surface area contributed by atoms with Crippen molar-refractivity contribution in [2.75, 3.05) is 30.9 Å². The maximum absolute atomic E-state index is 4.37. The number of thioether (sulfide) groups is 1. The van der Waals surface area contributed by atoms with Crippen molar-refractivity contribution in [3.8, 4) is 0 Å². The smallest absolute Gasteiger partial charge is 0.182 e. The predicted octanol–water partition coefficient (Wildman–Crippen LogP) is 3.15. The average molecular weight is 273 g/mol. The molecule has 1 N–H and O–H groups in total. The van der Waals surface area contributed by atoms with Gasteiger partial charge in [0.1, 0.15) is 0 Å². The number of hydrogen-bond acceptors (Lipinski definition) is 5. The number of nitrogens with one attached hydrogen (secondary N) is 1. The highest BCUT2D eigenvalue weighted by atomic mass is 32.2. The van der Waals surface area contributed by atoms with Crippen LogP contribution in [0.4, 0.5) is 5.13 Å². The summed E-state index contributed by atoms with van der Waals surface area (Å²) in [5.41, 5.74) is 0. The topological polar surface area (TPSA) is 28.2 Å². The van der Waals surface area contributed by atoms with Crippen LogP contribution in [-0.4, -0.2) is 41.5 Å². The van der Waals surface area contributed by atoms with E-state index in [1.165, 1.54) is 17.1 Å². The number of thiazole rings is 1. The lowest BCUT2D eigenvalue weighted by atomic mass is 10.2. The Labute approximate surface area is 113 Å². The molecule has 1 rings (SSSR count). The Hall–Kier alpha value is -0.260. The molecule has 1 atom stereocenters. The molecule has 5 heteroatoms. The van der Waals surface area contributed by atoms with E-state index in [1.54, 1.807) is 11.3 Å².